The molecule has 0 atom stereocenters. The summed E-state index contributed by atoms with van der Waals surface area (Å²) in [5.41, 5.74) is 2.52. The molecule has 1 heterocycles. The van der Waals surface area contributed by atoms with Crippen molar-refractivity contribution in [3.8, 4) is 0 Å². The number of piperazine rings is 1. The van der Waals surface area contributed by atoms with Crippen molar-refractivity contribution in [1.29, 1.82) is 0 Å². The average Bonchev–Trinajstić information content (AvgIpc) is 2.68. The van der Waals surface area contributed by atoms with Crippen LogP contribution in [0.15, 0.2) is 48.5 Å². The highest BCUT2D eigenvalue weighted by atomic mass is 35.5. The van der Waals surface area contributed by atoms with E-state index in [-0.39, 0.29) is 18.5 Å². The first-order chi connectivity index (χ1) is 13.6. The number of rotatable bonds is 6. The van der Waals surface area contributed by atoms with Gasteiger partial charge in [-0.3, -0.25) is 4.79 Å². The Kier molecular flexibility index (Phi) is 6.76. The van der Waals surface area contributed by atoms with Crippen LogP contribution in [0, 0.1) is 0 Å². The molecule has 6 nitrogen and oxygen atoms in total. The lowest BCUT2D eigenvalue weighted by Gasteiger charge is -2.29. The van der Waals surface area contributed by atoms with E-state index in [1.54, 1.807) is 11.0 Å². The van der Waals surface area contributed by atoms with Crippen molar-refractivity contribution >= 4 is 34.9 Å². The summed E-state index contributed by atoms with van der Waals surface area (Å²) in [6.07, 6.45) is 0.872. The number of anilines is 2. The van der Waals surface area contributed by atoms with Gasteiger partial charge in [0.15, 0.2) is 0 Å². The lowest BCUT2D eigenvalue weighted by molar-refractivity contribution is -0.120. The SMILES string of the molecule is CCCN(Cc1ccccc1)C(=O)Nc1ccc(N2CCNC(=O)C2)c(Cl)c1. The molecule has 28 heavy (non-hydrogen) atoms. The van der Waals surface area contributed by atoms with Gasteiger partial charge in [0.05, 0.1) is 17.3 Å². The van der Waals surface area contributed by atoms with Gasteiger partial charge in [-0.1, -0.05) is 48.9 Å². The van der Waals surface area contributed by atoms with Crippen LogP contribution in [0.2, 0.25) is 5.02 Å². The topological polar surface area (TPSA) is 64.7 Å². The van der Waals surface area contributed by atoms with Gasteiger partial charge in [-0.2, -0.15) is 0 Å². The van der Waals surface area contributed by atoms with Crippen LogP contribution in [-0.2, 0) is 11.3 Å². The Morgan fingerprint density at radius 1 is 1.25 bits per heavy atom. The van der Waals surface area contributed by atoms with E-state index in [0.29, 0.717) is 36.9 Å². The first kappa shape index (κ1) is 20.0. The number of urea groups is 1. The summed E-state index contributed by atoms with van der Waals surface area (Å²) in [5, 5.41) is 6.24. The first-order valence-electron chi connectivity index (χ1n) is 9.48. The standard InChI is InChI=1S/C21H25ClN4O2/c1-2-11-26(14-16-6-4-3-5-7-16)21(28)24-17-8-9-19(18(22)13-17)25-12-10-23-20(27)15-25/h3-9,13H,2,10-12,14-15H2,1H3,(H,23,27)(H,24,28). The van der Waals surface area contributed by atoms with E-state index in [0.717, 1.165) is 17.7 Å². The minimum Gasteiger partial charge on any atom is -0.359 e. The van der Waals surface area contributed by atoms with Gasteiger partial charge in [0.2, 0.25) is 5.91 Å². The van der Waals surface area contributed by atoms with E-state index in [4.69, 9.17) is 11.6 Å². The normalized spacial score (nSPS) is 13.8. The molecular weight excluding hydrogens is 376 g/mol. The summed E-state index contributed by atoms with van der Waals surface area (Å²) in [7, 11) is 0. The molecule has 0 bridgehead atoms. The fourth-order valence-corrected chi connectivity index (χ4v) is 3.51. The van der Waals surface area contributed by atoms with Crippen molar-refractivity contribution in [3.63, 3.8) is 0 Å². The third-order valence-corrected chi connectivity index (χ3v) is 4.88. The molecule has 148 valence electrons. The number of benzene rings is 2. The van der Waals surface area contributed by atoms with Gasteiger partial charge >= 0.3 is 6.03 Å². The van der Waals surface area contributed by atoms with Crippen molar-refractivity contribution in [2.45, 2.75) is 19.9 Å². The fourth-order valence-electron chi connectivity index (χ4n) is 3.21. The molecule has 0 aromatic heterocycles. The molecule has 3 rings (SSSR count). The van der Waals surface area contributed by atoms with Crippen molar-refractivity contribution in [1.82, 2.24) is 10.2 Å². The number of hydrogen-bond donors (Lipinski definition) is 2. The molecule has 0 unspecified atom stereocenters. The Balaban J connectivity index is 1.68. The molecule has 3 amide bonds. The van der Waals surface area contributed by atoms with Gasteiger partial charge in [0.1, 0.15) is 0 Å². The summed E-state index contributed by atoms with van der Waals surface area (Å²) >= 11 is 6.43. The maximum absolute atomic E-state index is 12.8. The zero-order chi connectivity index (χ0) is 19.9. The van der Waals surface area contributed by atoms with Crippen LogP contribution >= 0.6 is 11.6 Å². The van der Waals surface area contributed by atoms with E-state index in [2.05, 4.69) is 10.6 Å². The van der Waals surface area contributed by atoms with Crippen LogP contribution in [-0.4, -0.2) is 43.0 Å². The average molecular weight is 401 g/mol. The van der Waals surface area contributed by atoms with Crippen molar-refractivity contribution in [3.05, 3.63) is 59.1 Å². The Labute approximate surface area is 170 Å². The molecule has 1 fully saturated rings. The summed E-state index contributed by atoms with van der Waals surface area (Å²) in [5.74, 6) is -0.0178. The third kappa shape index (κ3) is 5.16. The van der Waals surface area contributed by atoms with E-state index < -0.39 is 0 Å². The number of halogens is 1. The van der Waals surface area contributed by atoms with E-state index >= 15 is 0 Å². The maximum Gasteiger partial charge on any atom is 0.322 e. The number of nitrogens with zero attached hydrogens (tertiary/aromatic N) is 2. The highest BCUT2D eigenvalue weighted by Crippen LogP contribution is 2.29. The zero-order valence-electron chi connectivity index (χ0n) is 16.0. The molecule has 1 saturated heterocycles. The van der Waals surface area contributed by atoms with Gasteiger partial charge in [-0.05, 0) is 30.2 Å². The summed E-state index contributed by atoms with van der Waals surface area (Å²) in [6, 6.07) is 15.2. The number of hydrogen-bond acceptors (Lipinski definition) is 3. The van der Waals surface area contributed by atoms with Gasteiger partial charge in [0.25, 0.3) is 0 Å². The van der Waals surface area contributed by atoms with Gasteiger partial charge < -0.3 is 20.4 Å². The molecule has 0 aliphatic carbocycles. The molecule has 7 heteroatoms. The first-order valence-corrected chi connectivity index (χ1v) is 9.85. The maximum atomic E-state index is 12.8. The molecule has 1 aliphatic heterocycles. The molecule has 2 aromatic rings. The van der Waals surface area contributed by atoms with Crippen molar-refractivity contribution < 1.29 is 9.59 Å². The summed E-state index contributed by atoms with van der Waals surface area (Å²) in [6.45, 7) is 4.85. The quantitative estimate of drug-likeness (QED) is 0.776. The Morgan fingerprint density at radius 3 is 2.71 bits per heavy atom. The monoisotopic (exact) mass is 400 g/mol. The predicted octanol–water partition coefficient (Wildman–Crippen LogP) is 3.72. The Hall–Kier alpha value is -2.73. The van der Waals surface area contributed by atoms with Crippen LogP contribution in [0.25, 0.3) is 0 Å². The Bertz CT molecular complexity index is 828. The molecule has 0 spiro atoms. The minimum atomic E-state index is -0.160. The number of amides is 3. The van der Waals surface area contributed by atoms with E-state index in [1.807, 2.05) is 54.3 Å². The van der Waals surface area contributed by atoms with Crippen LogP contribution in [0.4, 0.5) is 16.2 Å². The van der Waals surface area contributed by atoms with Crippen LogP contribution in [0.1, 0.15) is 18.9 Å². The molecular formula is C21H25ClN4O2. The highest BCUT2D eigenvalue weighted by Gasteiger charge is 2.19. The smallest absolute Gasteiger partial charge is 0.322 e. The van der Waals surface area contributed by atoms with Gasteiger partial charge in [0, 0.05) is 31.9 Å². The van der Waals surface area contributed by atoms with Crippen LogP contribution in [0.5, 0.6) is 0 Å². The number of carbonyl (C=O) groups is 2. The zero-order valence-corrected chi connectivity index (χ0v) is 16.7. The molecule has 0 saturated carbocycles. The lowest BCUT2D eigenvalue weighted by Crippen LogP contribution is -2.47. The third-order valence-electron chi connectivity index (χ3n) is 4.57. The second-order valence-corrected chi connectivity index (χ2v) is 7.18. The summed E-state index contributed by atoms with van der Waals surface area (Å²) < 4.78 is 0. The van der Waals surface area contributed by atoms with Crippen LogP contribution < -0.4 is 15.5 Å². The molecule has 0 radical (unpaired) electrons. The highest BCUT2D eigenvalue weighted by molar-refractivity contribution is 6.33. The summed E-state index contributed by atoms with van der Waals surface area (Å²) in [4.78, 5) is 28.1. The molecule has 2 N–H and O–H groups in total. The number of carbonyl (C=O) groups excluding carboxylic acids is 2. The largest absolute Gasteiger partial charge is 0.359 e. The van der Waals surface area contributed by atoms with E-state index in [1.165, 1.54) is 0 Å². The minimum absolute atomic E-state index is 0.0178. The fraction of sp³-hybridized carbons (Fsp3) is 0.333. The van der Waals surface area contributed by atoms with Crippen LogP contribution in [0.3, 0.4) is 0 Å². The van der Waals surface area contributed by atoms with Gasteiger partial charge in [-0.25, -0.2) is 4.79 Å². The second kappa shape index (κ2) is 9.46. The second-order valence-electron chi connectivity index (χ2n) is 6.78. The Morgan fingerprint density at radius 2 is 2.04 bits per heavy atom. The predicted molar refractivity (Wildman–Crippen MR) is 113 cm³/mol. The molecule has 1 aliphatic rings. The number of nitrogens with one attached hydrogen (secondary N) is 2. The van der Waals surface area contributed by atoms with Crippen molar-refractivity contribution in [2.24, 2.45) is 0 Å². The lowest BCUT2D eigenvalue weighted by atomic mass is 10.2. The molecule has 2 aromatic carbocycles. The van der Waals surface area contributed by atoms with Crippen molar-refractivity contribution in [2.75, 3.05) is 36.4 Å². The van der Waals surface area contributed by atoms with E-state index in [9.17, 15) is 9.59 Å². The van der Waals surface area contributed by atoms with Gasteiger partial charge in [-0.15, -0.1) is 0 Å².